The van der Waals surface area contributed by atoms with Crippen molar-refractivity contribution in [3.8, 4) is 0 Å². The van der Waals surface area contributed by atoms with Crippen molar-refractivity contribution in [1.82, 2.24) is 15.1 Å². The molecular weight excluding hydrogens is 258 g/mol. The fraction of sp³-hybridized carbons (Fsp3) is 0.500. The quantitative estimate of drug-likeness (QED) is 0.652. The van der Waals surface area contributed by atoms with Crippen molar-refractivity contribution < 1.29 is 4.79 Å². The van der Waals surface area contributed by atoms with E-state index in [1.807, 2.05) is 6.92 Å². The van der Waals surface area contributed by atoms with Gasteiger partial charge in [0.15, 0.2) is 0 Å². The Kier molecular flexibility index (Phi) is 5.44. The van der Waals surface area contributed by atoms with Gasteiger partial charge in [-0.3, -0.25) is 4.79 Å². The number of aryl methyl sites for hydroxylation is 1. The molecule has 0 radical (unpaired) electrons. The van der Waals surface area contributed by atoms with Gasteiger partial charge in [0.1, 0.15) is 5.02 Å². The fourth-order valence-electron chi connectivity index (χ4n) is 1.34. The molecule has 18 heavy (non-hydrogen) atoms. The average molecular weight is 274 g/mol. The van der Waals surface area contributed by atoms with Crippen molar-refractivity contribution >= 4 is 23.3 Å². The molecule has 0 aliphatic heterocycles. The topological polar surface area (TPSA) is 102 Å². The second kappa shape index (κ2) is 6.85. The number of carbonyl (C=O) groups is 1. The van der Waals surface area contributed by atoms with Crippen LogP contribution in [0.2, 0.25) is 5.02 Å². The van der Waals surface area contributed by atoms with E-state index < -0.39 is 6.03 Å². The number of nitrogens with zero attached hydrogens (tertiary/aromatic N) is 2. The largest absolute Gasteiger partial charge is 0.381 e. The minimum absolute atomic E-state index is 0.0949. The number of primary amides is 1. The van der Waals surface area contributed by atoms with Gasteiger partial charge in [-0.2, -0.15) is 5.10 Å². The number of amides is 2. The first-order valence-electron chi connectivity index (χ1n) is 5.59. The van der Waals surface area contributed by atoms with E-state index in [2.05, 4.69) is 15.7 Å². The summed E-state index contributed by atoms with van der Waals surface area (Å²) in [5.41, 5.74) is 5.03. The molecule has 1 aromatic heterocycles. The molecule has 100 valence electrons. The predicted octanol–water partition coefficient (Wildman–Crippen LogP) is 0.387. The number of hydrogen-bond donors (Lipinski definition) is 3. The van der Waals surface area contributed by atoms with Gasteiger partial charge in [-0.25, -0.2) is 9.48 Å². The molecule has 0 spiro atoms. The molecule has 7 nitrogen and oxygen atoms in total. The molecule has 4 N–H and O–H groups in total. The van der Waals surface area contributed by atoms with Crippen molar-refractivity contribution in [2.45, 2.75) is 19.9 Å². The molecule has 0 bridgehead atoms. The van der Waals surface area contributed by atoms with E-state index in [4.69, 9.17) is 17.3 Å². The summed E-state index contributed by atoms with van der Waals surface area (Å²) in [7, 11) is 0. The van der Waals surface area contributed by atoms with Crippen LogP contribution in [0.1, 0.15) is 13.3 Å². The lowest BCUT2D eigenvalue weighted by molar-refractivity contribution is 0.249. The van der Waals surface area contributed by atoms with Gasteiger partial charge in [0, 0.05) is 19.6 Å². The monoisotopic (exact) mass is 273 g/mol. The number of rotatable bonds is 6. The van der Waals surface area contributed by atoms with Crippen molar-refractivity contribution in [1.29, 1.82) is 0 Å². The lowest BCUT2D eigenvalue weighted by atomic mass is 10.4. The van der Waals surface area contributed by atoms with Crippen LogP contribution in [0.25, 0.3) is 0 Å². The molecule has 0 aliphatic rings. The summed E-state index contributed by atoms with van der Waals surface area (Å²) in [6, 6.07) is -0.598. The molecule has 0 aliphatic carbocycles. The number of nitrogens with one attached hydrogen (secondary N) is 2. The Morgan fingerprint density at radius 3 is 2.89 bits per heavy atom. The van der Waals surface area contributed by atoms with Crippen molar-refractivity contribution in [2.75, 3.05) is 18.4 Å². The highest BCUT2D eigenvalue weighted by Gasteiger charge is 2.08. The Morgan fingerprint density at radius 2 is 2.28 bits per heavy atom. The smallest absolute Gasteiger partial charge is 0.312 e. The first kappa shape index (κ1) is 14.3. The predicted molar refractivity (Wildman–Crippen MR) is 69.9 cm³/mol. The summed E-state index contributed by atoms with van der Waals surface area (Å²) in [6.07, 6.45) is 2.29. The molecule has 0 atom stereocenters. The van der Waals surface area contributed by atoms with E-state index in [-0.39, 0.29) is 10.6 Å². The number of anilines is 1. The summed E-state index contributed by atoms with van der Waals surface area (Å²) >= 11 is 5.93. The zero-order valence-corrected chi connectivity index (χ0v) is 10.8. The van der Waals surface area contributed by atoms with Gasteiger partial charge in [-0.15, -0.1) is 0 Å². The zero-order chi connectivity index (χ0) is 13.5. The number of aromatic nitrogens is 2. The standard InChI is InChI=1S/C10H16ClN5O2/c1-2-5-16-9(17)8(11)7(6-15-16)13-3-4-14-10(12)18/h6,13H,2-5H2,1H3,(H3,12,14,18). The minimum Gasteiger partial charge on any atom is -0.381 e. The van der Waals surface area contributed by atoms with Crippen molar-refractivity contribution in [3.63, 3.8) is 0 Å². The number of carbonyl (C=O) groups excluding carboxylic acids is 1. The van der Waals surface area contributed by atoms with E-state index in [1.165, 1.54) is 10.9 Å². The third kappa shape index (κ3) is 3.92. The lowest BCUT2D eigenvalue weighted by Gasteiger charge is -2.09. The molecule has 1 aromatic rings. The Hall–Kier alpha value is -1.76. The molecular formula is C10H16ClN5O2. The molecule has 1 heterocycles. The van der Waals surface area contributed by atoms with Gasteiger partial charge in [0.25, 0.3) is 5.56 Å². The number of urea groups is 1. The van der Waals surface area contributed by atoms with Crippen LogP contribution in [0.4, 0.5) is 10.5 Å². The third-order valence-corrected chi connectivity index (χ3v) is 2.53. The normalized spacial score (nSPS) is 10.1. The van der Waals surface area contributed by atoms with Gasteiger partial charge in [0.05, 0.1) is 11.9 Å². The summed E-state index contributed by atoms with van der Waals surface area (Å²) in [5, 5.41) is 9.39. The van der Waals surface area contributed by atoms with Crippen LogP contribution in [-0.2, 0) is 6.54 Å². The minimum atomic E-state index is -0.598. The van der Waals surface area contributed by atoms with Crippen LogP contribution in [0, 0.1) is 0 Å². The van der Waals surface area contributed by atoms with E-state index in [1.54, 1.807) is 0 Å². The van der Waals surface area contributed by atoms with E-state index >= 15 is 0 Å². The number of hydrogen-bond acceptors (Lipinski definition) is 4. The first-order chi connectivity index (χ1) is 8.56. The molecule has 0 fully saturated rings. The number of nitrogens with two attached hydrogens (primary N) is 1. The second-order valence-corrected chi connectivity index (χ2v) is 4.00. The molecule has 8 heteroatoms. The van der Waals surface area contributed by atoms with Crippen LogP contribution in [0.3, 0.4) is 0 Å². The molecule has 0 aromatic carbocycles. The van der Waals surface area contributed by atoms with E-state index in [9.17, 15) is 9.59 Å². The summed E-state index contributed by atoms with van der Waals surface area (Å²) < 4.78 is 1.31. The van der Waals surface area contributed by atoms with Crippen LogP contribution >= 0.6 is 11.6 Å². The lowest BCUT2D eigenvalue weighted by Crippen LogP contribution is -2.33. The Morgan fingerprint density at radius 1 is 1.56 bits per heavy atom. The van der Waals surface area contributed by atoms with Gasteiger partial charge >= 0.3 is 6.03 Å². The van der Waals surface area contributed by atoms with Gasteiger partial charge in [-0.05, 0) is 6.42 Å². The second-order valence-electron chi connectivity index (χ2n) is 3.62. The van der Waals surface area contributed by atoms with Crippen LogP contribution in [0.5, 0.6) is 0 Å². The average Bonchev–Trinajstić information content (AvgIpc) is 2.33. The maximum absolute atomic E-state index is 11.8. The van der Waals surface area contributed by atoms with Crippen LogP contribution < -0.4 is 21.9 Å². The van der Waals surface area contributed by atoms with Crippen LogP contribution in [-0.4, -0.2) is 28.9 Å². The highest BCUT2D eigenvalue weighted by Crippen LogP contribution is 2.14. The SMILES string of the molecule is CCCn1ncc(NCCNC(N)=O)c(Cl)c1=O. The maximum Gasteiger partial charge on any atom is 0.312 e. The van der Waals surface area contributed by atoms with Crippen LogP contribution in [0.15, 0.2) is 11.0 Å². The fourth-order valence-corrected chi connectivity index (χ4v) is 1.56. The van der Waals surface area contributed by atoms with Gasteiger partial charge in [-0.1, -0.05) is 18.5 Å². The Balaban J connectivity index is 2.65. The third-order valence-electron chi connectivity index (χ3n) is 2.16. The van der Waals surface area contributed by atoms with Gasteiger partial charge in [0.2, 0.25) is 0 Å². The van der Waals surface area contributed by atoms with Crippen molar-refractivity contribution in [3.05, 3.63) is 21.6 Å². The highest BCUT2D eigenvalue weighted by molar-refractivity contribution is 6.32. The Labute approximate surface area is 109 Å². The Bertz CT molecular complexity index is 474. The highest BCUT2D eigenvalue weighted by atomic mass is 35.5. The first-order valence-corrected chi connectivity index (χ1v) is 5.96. The molecule has 1 rings (SSSR count). The summed E-state index contributed by atoms with van der Waals surface area (Å²) in [6.45, 7) is 3.22. The summed E-state index contributed by atoms with van der Waals surface area (Å²) in [5.74, 6) is 0. The maximum atomic E-state index is 11.8. The molecule has 2 amide bonds. The zero-order valence-electron chi connectivity index (χ0n) is 10.1. The van der Waals surface area contributed by atoms with Gasteiger partial charge < -0.3 is 16.4 Å². The van der Waals surface area contributed by atoms with Crippen molar-refractivity contribution in [2.24, 2.45) is 5.73 Å². The molecule has 0 saturated carbocycles. The van der Waals surface area contributed by atoms with E-state index in [0.717, 1.165) is 6.42 Å². The molecule has 0 unspecified atom stereocenters. The number of halogens is 1. The van der Waals surface area contributed by atoms with E-state index in [0.29, 0.717) is 25.3 Å². The molecule has 0 saturated heterocycles. The summed E-state index contributed by atoms with van der Waals surface area (Å²) in [4.78, 5) is 22.2.